The molecule has 0 saturated carbocycles. The van der Waals surface area contributed by atoms with Crippen LogP contribution in [0.2, 0.25) is 0 Å². The summed E-state index contributed by atoms with van der Waals surface area (Å²) < 4.78 is 7.86. The van der Waals surface area contributed by atoms with Crippen LogP contribution in [0.25, 0.3) is 11.0 Å². The van der Waals surface area contributed by atoms with Crippen molar-refractivity contribution in [3.05, 3.63) is 48.0 Å². The average molecular weight is 381 g/mol. The summed E-state index contributed by atoms with van der Waals surface area (Å²) in [6, 6.07) is 10.0. The van der Waals surface area contributed by atoms with Crippen LogP contribution in [0.3, 0.4) is 0 Å². The summed E-state index contributed by atoms with van der Waals surface area (Å²) in [4.78, 5) is 19.4. The molecule has 1 atom stereocenters. The van der Waals surface area contributed by atoms with Gasteiger partial charge in [-0.15, -0.1) is 0 Å². The molecule has 1 N–H and O–H groups in total. The number of para-hydroxylation sites is 2. The van der Waals surface area contributed by atoms with E-state index in [1.54, 1.807) is 0 Å². The second-order valence-corrected chi connectivity index (χ2v) is 7.99. The Kier molecular flexibility index (Phi) is 4.93. The van der Waals surface area contributed by atoms with Gasteiger partial charge >= 0.3 is 0 Å². The fourth-order valence-electron chi connectivity index (χ4n) is 4.05. The molecule has 1 amide bonds. The topological polar surface area (TPSA) is 76.0 Å². The maximum atomic E-state index is 13.1. The van der Waals surface area contributed by atoms with E-state index in [1.807, 2.05) is 48.5 Å². The number of carbonyl (C=O) groups is 1. The summed E-state index contributed by atoms with van der Waals surface area (Å²) in [6.07, 6.45) is 3.52. The molecule has 0 aliphatic carbocycles. The van der Waals surface area contributed by atoms with E-state index in [0.29, 0.717) is 25.4 Å². The number of carbonyl (C=O) groups excluding carboxylic acids is 1. The molecule has 3 aromatic rings. The van der Waals surface area contributed by atoms with Gasteiger partial charge in [0.05, 0.1) is 35.2 Å². The third-order valence-electron chi connectivity index (χ3n) is 5.43. The highest BCUT2D eigenvalue weighted by Gasteiger charge is 2.34. The van der Waals surface area contributed by atoms with Crippen molar-refractivity contribution in [1.29, 1.82) is 0 Å². The SMILES string of the molecule is CCN(C(=O)c1cc(Cn2cnc3ccccc32)[nH]n1)C1CCOC(C)(C)C1. The van der Waals surface area contributed by atoms with E-state index in [0.717, 1.165) is 29.6 Å². The Morgan fingerprint density at radius 3 is 3.00 bits per heavy atom. The van der Waals surface area contributed by atoms with E-state index in [-0.39, 0.29) is 17.6 Å². The highest BCUT2D eigenvalue weighted by Crippen LogP contribution is 2.28. The summed E-state index contributed by atoms with van der Waals surface area (Å²) in [7, 11) is 0. The lowest BCUT2D eigenvalue weighted by atomic mass is 9.92. The molecule has 4 rings (SSSR count). The molecule has 2 aromatic heterocycles. The lowest BCUT2D eigenvalue weighted by molar-refractivity contribution is -0.0777. The van der Waals surface area contributed by atoms with E-state index >= 15 is 0 Å². The molecule has 1 saturated heterocycles. The quantitative estimate of drug-likeness (QED) is 0.736. The Morgan fingerprint density at radius 2 is 2.21 bits per heavy atom. The Balaban J connectivity index is 1.50. The number of imidazole rings is 1. The number of nitrogens with zero attached hydrogens (tertiary/aromatic N) is 4. The molecule has 0 spiro atoms. The number of amides is 1. The number of aromatic nitrogens is 4. The Morgan fingerprint density at radius 1 is 1.39 bits per heavy atom. The number of H-pyrrole nitrogens is 1. The summed E-state index contributed by atoms with van der Waals surface area (Å²) in [6.45, 7) is 8.12. The predicted molar refractivity (Wildman–Crippen MR) is 107 cm³/mol. The van der Waals surface area contributed by atoms with Crippen LogP contribution >= 0.6 is 0 Å². The number of rotatable bonds is 5. The van der Waals surface area contributed by atoms with Crippen molar-refractivity contribution >= 4 is 16.9 Å². The molecule has 0 bridgehead atoms. The molecule has 7 heteroatoms. The number of aromatic amines is 1. The molecule has 1 aromatic carbocycles. The first kappa shape index (κ1) is 18.7. The van der Waals surface area contributed by atoms with Gasteiger partial charge in [0.25, 0.3) is 5.91 Å². The largest absolute Gasteiger partial charge is 0.375 e. The van der Waals surface area contributed by atoms with Gasteiger partial charge in [-0.1, -0.05) is 12.1 Å². The van der Waals surface area contributed by atoms with Crippen molar-refractivity contribution in [2.75, 3.05) is 13.2 Å². The van der Waals surface area contributed by atoms with Gasteiger partial charge in [0.2, 0.25) is 0 Å². The molecule has 1 fully saturated rings. The van der Waals surface area contributed by atoms with Crippen LogP contribution in [0, 0.1) is 0 Å². The van der Waals surface area contributed by atoms with Crippen molar-refractivity contribution in [3.63, 3.8) is 0 Å². The number of ether oxygens (including phenoxy) is 1. The predicted octanol–water partition coefficient (Wildman–Crippen LogP) is 3.23. The number of hydrogen-bond donors (Lipinski definition) is 1. The molecule has 148 valence electrons. The lowest BCUT2D eigenvalue weighted by Crippen LogP contribution is -2.48. The first-order chi connectivity index (χ1) is 13.5. The molecular weight excluding hydrogens is 354 g/mol. The van der Waals surface area contributed by atoms with Crippen LogP contribution in [0.15, 0.2) is 36.7 Å². The normalized spacial score (nSPS) is 19.0. The summed E-state index contributed by atoms with van der Waals surface area (Å²) in [5, 5.41) is 7.31. The van der Waals surface area contributed by atoms with E-state index in [2.05, 4.69) is 33.6 Å². The standard InChI is InChI=1S/C21H27N5O2/c1-4-26(16-9-10-28-21(2,3)12-16)20(27)18-11-15(23-24-18)13-25-14-22-17-7-5-6-8-19(17)25/h5-8,11,14,16H,4,9-10,12-13H2,1-3H3,(H,23,24). The van der Waals surface area contributed by atoms with Gasteiger partial charge in [0.1, 0.15) is 5.69 Å². The minimum Gasteiger partial charge on any atom is -0.375 e. The van der Waals surface area contributed by atoms with Gasteiger partial charge < -0.3 is 14.2 Å². The first-order valence-corrected chi connectivity index (χ1v) is 9.86. The maximum Gasteiger partial charge on any atom is 0.274 e. The van der Waals surface area contributed by atoms with Gasteiger partial charge in [-0.2, -0.15) is 5.10 Å². The van der Waals surface area contributed by atoms with Crippen LogP contribution in [-0.4, -0.2) is 55.4 Å². The summed E-state index contributed by atoms with van der Waals surface area (Å²) in [5.74, 6) is -0.0248. The van der Waals surface area contributed by atoms with Crippen LogP contribution in [0.1, 0.15) is 49.8 Å². The monoisotopic (exact) mass is 381 g/mol. The zero-order valence-corrected chi connectivity index (χ0v) is 16.7. The number of fused-ring (bicyclic) bond motifs is 1. The Labute approximate surface area is 164 Å². The van der Waals surface area contributed by atoms with Crippen LogP contribution in [0.4, 0.5) is 0 Å². The molecule has 1 unspecified atom stereocenters. The van der Waals surface area contributed by atoms with Crippen molar-refractivity contribution in [3.8, 4) is 0 Å². The second kappa shape index (κ2) is 7.39. The highest BCUT2D eigenvalue weighted by molar-refractivity contribution is 5.92. The third kappa shape index (κ3) is 3.67. The van der Waals surface area contributed by atoms with E-state index in [1.165, 1.54) is 0 Å². The van der Waals surface area contributed by atoms with Crippen LogP contribution < -0.4 is 0 Å². The molecule has 1 aliphatic heterocycles. The van der Waals surface area contributed by atoms with Crippen molar-refractivity contribution in [2.24, 2.45) is 0 Å². The summed E-state index contributed by atoms with van der Waals surface area (Å²) >= 11 is 0. The zero-order valence-electron chi connectivity index (χ0n) is 16.7. The smallest absolute Gasteiger partial charge is 0.274 e. The number of nitrogens with one attached hydrogen (secondary N) is 1. The minimum atomic E-state index is -0.199. The van der Waals surface area contributed by atoms with Crippen molar-refractivity contribution < 1.29 is 9.53 Å². The maximum absolute atomic E-state index is 13.1. The van der Waals surface area contributed by atoms with Crippen molar-refractivity contribution in [2.45, 2.75) is 51.8 Å². The van der Waals surface area contributed by atoms with Crippen LogP contribution in [0.5, 0.6) is 0 Å². The van der Waals surface area contributed by atoms with Gasteiger partial charge in [-0.25, -0.2) is 4.98 Å². The third-order valence-corrected chi connectivity index (χ3v) is 5.43. The molecule has 0 radical (unpaired) electrons. The molecular formula is C21H27N5O2. The van der Waals surface area contributed by atoms with Gasteiger partial charge in [-0.05, 0) is 51.8 Å². The number of hydrogen-bond acceptors (Lipinski definition) is 4. The molecule has 7 nitrogen and oxygen atoms in total. The molecule has 1 aliphatic rings. The number of benzene rings is 1. The fourth-order valence-corrected chi connectivity index (χ4v) is 4.05. The van der Waals surface area contributed by atoms with E-state index in [4.69, 9.17) is 4.74 Å². The minimum absolute atomic E-state index is 0.0248. The van der Waals surface area contributed by atoms with E-state index in [9.17, 15) is 4.79 Å². The fraction of sp³-hybridized carbons (Fsp3) is 0.476. The first-order valence-electron chi connectivity index (χ1n) is 9.86. The van der Waals surface area contributed by atoms with Gasteiger partial charge in [-0.3, -0.25) is 9.89 Å². The van der Waals surface area contributed by atoms with Gasteiger partial charge in [0.15, 0.2) is 0 Å². The lowest BCUT2D eigenvalue weighted by Gasteiger charge is -2.40. The second-order valence-electron chi connectivity index (χ2n) is 7.99. The molecule has 3 heterocycles. The average Bonchev–Trinajstić information content (AvgIpc) is 3.30. The summed E-state index contributed by atoms with van der Waals surface area (Å²) in [5.41, 5.74) is 3.16. The van der Waals surface area contributed by atoms with E-state index < -0.39 is 0 Å². The zero-order chi connectivity index (χ0) is 19.7. The van der Waals surface area contributed by atoms with Crippen molar-refractivity contribution in [1.82, 2.24) is 24.6 Å². The Hall–Kier alpha value is -2.67. The molecule has 28 heavy (non-hydrogen) atoms. The highest BCUT2D eigenvalue weighted by atomic mass is 16.5. The van der Waals surface area contributed by atoms with Gasteiger partial charge in [0, 0.05) is 19.2 Å². The Bertz CT molecular complexity index is 974. The van der Waals surface area contributed by atoms with Crippen LogP contribution in [-0.2, 0) is 11.3 Å².